The summed E-state index contributed by atoms with van der Waals surface area (Å²) in [6.07, 6.45) is 3.77. The minimum atomic E-state index is -0.00911. The van der Waals surface area contributed by atoms with Crippen molar-refractivity contribution in [2.75, 3.05) is 13.1 Å². The number of carbonyl (C=O) groups excluding carboxylic acids is 1. The van der Waals surface area contributed by atoms with Crippen LogP contribution in [0.3, 0.4) is 0 Å². The molecule has 18 heavy (non-hydrogen) atoms. The topological polar surface area (TPSA) is 49.0 Å². The van der Waals surface area contributed by atoms with Crippen LogP contribution >= 0.6 is 0 Å². The van der Waals surface area contributed by atoms with E-state index in [4.69, 9.17) is 5.26 Å². The van der Waals surface area contributed by atoms with Crippen molar-refractivity contribution >= 4 is 5.91 Å². The van der Waals surface area contributed by atoms with Gasteiger partial charge in [0.2, 0.25) is 0 Å². The van der Waals surface area contributed by atoms with Crippen LogP contribution in [-0.4, -0.2) is 28.5 Å². The molecular weight excluding hydrogens is 226 g/mol. The average Bonchev–Trinajstić information content (AvgIpc) is 2.87. The molecule has 1 saturated heterocycles. The quantitative estimate of drug-likeness (QED) is 0.803. The molecule has 0 radical (unpaired) electrons. The zero-order chi connectivity index (χ0) is 13.1. The summed E-state index contributed by atoms with van der Waals surface area (Å²) in [5, 5.41) is 8.97. The number of amides is 1. The third-order valence-electron chi connectivity index (χ3n) is 3.45. The smallest absolute Gasteiger partial charge is 0.270 e. The lowest BCUT2D eigenvalue weighted by molar-refractivity contribution is 0.0686. The van der Waals surface area contributed by atoms with Crippen molar-refractivity contribution in [2.45, 2.75) is 32.7 Å². The predicted octanol–water partition coefficient (Wildman–Crippen LogP) is 2.44. The van der Waals surface area contributed by atoms with Gasteiger partial charge in [-0.15, -0.1) is 0 Å². The molecule has 4 nitrogen and oxygen atoms in total. The Morgan fingerprint density at radius 3 is 3.00 bits per heavy atom. The highest BCUT2D eigenvalue weighted by Gasteiger charge is 2.26. The maximum atomic E-state index is 12.4. The lowest BCUT2D eigenvalue weighted by Gasteiger charge is -2.30. The molecule has 4 heteroatoms. The van der Waals surface area contributed by atoms with E-state index < -0.39 is 0 Å². The van der Waals surface area contributed by atoms with E-state index in [0.717, 1.165) is 25.1 Å². The van der Waals surface area contributed by atoms with Crippen molar-refractivity contribution in [2.24, 2.45) is 5.92 Å². The first-order valence-electron chi connectivity index (χ1n) is 6.49. The normalized spacial score (nSPS) is 19.9. The number of hydrogen-bond donors (Lipinski definition) is 0. The minimum absolute atomic E-state index is 0.00911. The Bertz CT molecular complexity index is 470. The van der Waals surface area contributed by atoms with Gasteiger partial charge in [0, 0.05) is 25.3 Å². The Hall–Kier alpha value is -1.76. The summed E-state index contributed by atoms with van der Waals surface area (Å²) in [6.45, 7) is 5.45. The molecule has 1 fully saturated rings. The molecule has 1 aliphatic heterocycles. The summed E-state index contributed by atoms with van der Waals surface area (Å²) in [7, 11) is 0. The molecule has 2 rings (SSSR count). The van der Waals surface area contributed by atoms with Gasteiger partial charge in [0.1, 0.15) is 5.69 Å². The maximum Gasteiger partial charge on any atom is 0.270 e. The molecule has 2 heterocycles. The lowest BCUT2D eigenvalue weighted by atomic mass is 9.99. The number of piperidine rings is 1. The minimum Gasteiger partial charge on any atom is -0.341 e. The van der Waals surface area contributed by atoms with Crippen LogP contribution < -0.4 is 0 Å². The van der Waals surface area contributed by atoms with E-state index in [9.17, 15) is 4.79 Å². The Labute approximate surface area is 108 Å². The number of hydrogen-bond acceptors (Lipinski definition) is 2. The molecular formula is C14H19N3O. The summed E-state index contributed by atoms with van der Waals surface area (Å²) in [5.74, 6) is 0.0406. The van der Waals surface area contributed by atoms with Crippen LogP contribution in [0.5, 0.6) is 0 Å². The van der Waals surface area contributed by atoms with Gasteiger partial charge in [-0.05, 0) is 38.8 Å². The first kappa shape index (κ1) is 12.7. The number of nitrogens with zero attached hydrogens (tertiary/aromatic N) is 3. The van der Waals surface area contributed by atoms with E-state index in [1.54, 1.807) is 0 Å². The van der Waals surface area contributed by atoms with Crippen LogP contribution in [0.15, 0.2) is 18.3 Å². The zero-order valence-corrected chi connectivity index (χ0v) is 11.0. The molecule has 0 saturated carbocycles. The number of aromatic nitrogens is 1. The highest BCUT2D eigenvalue weighted by molar-refractivity contribution is 5.93. The van der Waals surface area contributed by atoms with Crippen molar-refractivity contribution in [3.05, 3.63) is 24.0 Å². The fraction of sp³-hybridized carbons (Fsp3) is 0.571. The molecule has 0 N–H and O–H groups in total. The van der Waals surface area contributed by atoms with Gasteiger partial charge in [0.15, 0.2) is 0 Å². The van der Waals surface area contributed by atoms with Crippen LogP contribution in [0, 0.1) is 17.2 Å². The molecule has 0 spiro atoms. The molecule has 96 valence electrons. The third kappa shape index (κ3) is 2.40. The number of carbonyl (C=O) groups is 1. The van der Waals surface area contributed by atoms with E-state index in [0.29, 0.717) is 6.54 Å². The number of likely N-dealkylation sites (tertiary alicyclic amines) is 1. The molecule has 0 aromatic carbocycles. The number of nitriles is 1. The van der Waals surface area contributed by atoms with Crippen molar-refractivity contribution in [3.63, 3.8) is 0 Å². The first-order valence-corrected chi connectivity index (χ1v) is 6.49. The lowest BCUT2D eigenvalue weighted by Crippen LogP contribution is -2.40. The SMILES string of the molecule is CC(C)n1cccc1C(=O)N1CCC[C@H](C#N)C1. The van der Waals surface area contributed by atoms with E-state index in [1.165, 1.54) is 0 Å². The third-order valence-corrected chi connectivity index (χ3v) is 3.45. The van der Waals surface area contributed by atoms with Crippen molar-refractivity contribution in [3.8, 4) is 6.07 Å². The van der Waals surface area contributed by atoms with E-state index in [-0.39, 0.29) is 17.9 Å². The molecule has 1 atom stereocenters. The molecule has 1 amide bonds. The average molecular weight is 245 g/mol. The van der Waals surface area contributed by atoms with Crippen molar-refractivity contribution < 1.29 is 4.79 Å². The van der Waals surface area contributed by atoms with Crippen LogP contribution in [-0.2, 0) is 0 Å². The van der Waals surface area contributed by atoms with Gasteiger partial charge in [0.25, 0.3) is 5.91 Å². The summed E-state index contributed by atoms with van der Waals surface area (Å²) in [4.78, 5) is 14.3. The first-order chi connectivity index (χ1) is 8.63. The van der Waals surface area contributed by atoms with E-state index in [1.807, 2.05) is 27.8 Å². The number of rotatable bonds is 2. The van der Waals surface area contributed by atoms with Gasteiger partial charge in [-0.2, -0.15) is 5.26 Å². The Balaban J connectivity index is 2.16. The van der Waals surface area contributed by atoms with Gasteiger partial charge in [-0.25, -0.2) is 0 Å². The zero-order valence-electron chi connectivity index (χ0n) is 11.0. The van der Waals surface area contributed by atoms with Crippen LogP contribution in [0.1, 0.15) is 43.2 Å². The van der Waals surface area contributed by atoms with Crippen LogP contribution in [0.4, 0.5) is 0 Å². The van der Waals surface area contributed by atoms with E-state index in [2.05, 4.69) is 19.9 Å². The fourth-order valence-corrected chi connectivity index (χ4v) is 2.45. The van der Waals surface area contributed by atoms with Gasteiger partial charge >= 0.3 is 0 Å². The Morgan fingerprint density at radius 2 is 2.33 bits per heavy atom. The van der Waals surface area contributed by atoms with Crippen LogP contribution in [0.2, 0.25) is 0 Å². The van der Waals surface area contributed by atoms with Crippen molar-refractivity contribution in [1.29, 1.82) is 5.26 Å². The molecule has 1 aromatic rings. The molecule has 1 aliphatic rings. The molecule has 1 aromatic heterocycles. The second-order valence-corrected chi connectivity index (χ2v) is 5.11. The standard InChI is InChI=1S/C14H19N3O/c1-11(2)17-8-4-6-13(17)14(18)16-7-3-5-12(9-15)10-16/h4,6,8,11-12H,3,5,7,10H2,1-2H3/t12-/m1/s1. The molecule has 0 aliphatic carbocycles. The van der Waals surface area contributed by atoms with E-state index >= 15 is 0 Å². The van der Waals surface area contributed by atoms with Crippen LogP contribution in [0.25, 0.3) is 0 Å². The van der Waals surface area contributed by atoms with Gasteiger partial charge in [-0.1, -0.05) is 0 Å². The Morgan fingerprint density at radius 1 is 1.56 bits per heavy atom. The second-order valence-electron chi connectivity index (χ2n) is 5.11. The summed E-state index contributed by atoms with van der Waals surface area (Å²) in [5.41, 5.74) is 0.726. The fourth-order valence-electron chi connectivity index (χ4n) is 2.45. The molecule has 0 bridgehead atoms. The monoisotopic (exact) mass is 245 g/mol. The maximum absolute atomic E-state index is 12.4. The Kier molecular flexibility index (Phi) is 3.71. The highest BCUT2D eigenvalue weighted by atomic mass is 16.2. The largest absolute Gasteiger partial charge is 0.341 e. The van der Waals surface area contributed by atoms with Gasteiger partial charge < -0.3 is 9.47 Å². The summed E-state index contributed by atoms with van der Waals surface area (Å²) >= 11 is 0. The van der Waals surface area contributed by atoms with Gasteiger partial charge in [0.05, 0.1) is 12.0 Å². The predicted molar refractivity (Wildman–Crippen MR) is 69.1 cm³/mol. The van der Waals surface area contributed by atoms with Crippen molar-refractivity contribution in [1.82, 2.24) is 9.47 Å². The summed E-state index contributed by atoms with van der Waals surface area (Å²) in [6, 6.07) is 6.31. The molecule has 0 unspecified atom stereocenters. The second kappa shape index (κ2) is 5.26. The highest BCUT2D eigenvalue weighted by Crippen LogP contribution is 2.19. The summed E-state index contributed by atoms with van der Waals surface area (Å²) < 4.78 is 1.98. The van der Waals surface area contributed by atoms with Gasteiger partial charge in [-0.3, -0.25) is 4.79 Å².